The molecule has 0 atom stereocenters. The van der Waals surface area contributed by atoms with Gasteiger partial charge in [0.15, 0.2) is 0 Å². The molecule has 0 N–H and O–H groups in total. The molecule has 0 amide bonds. The molecule has 69 heavy (non-hydrogen) atoms. The van der Waals surface area contributed by atoms with Gasteiger partial charge in [0, 0.05) is 23.2 Å². The summed E-state index contributed by atoms with van der Waals surface area (Å²) in [6, 6.07) is 69.9. The van der Waals surface area contributed by atoms with E-state index in [0.29, 0.717) is 0 Å². The first kappa shape index (κ1) is 43.1. The number of rotatable bonds is 2. The average molecular weight is 1060 g/mol. The van der Waals surface area contributed by atoms with Crippen molar-refractivity contribution in [2.75, 3.05) is 0 Å². The molecule has 0 saturated carbocycles. The Morgan fingerprint density at radius 3 is 0.986 bits per heavy atom. The summed E-state index contributed by atoms with van der Waals surface area (Å²) < 4.78 is 0. The molecule has 10 aromatic rings. The summed E-state index contributed by atoms with van der Waals surface area (Å²) in [5, 5.41) is 0. The fraction of sp³-hybridized carbons (Fsp3) is 0.121. The topological polar surface area (TPSA) is 25.8 Å². The minimum absolute atomic E-state index is 0. The Bertz CT molecular complexity index is 3360. The van der Waals surface area contributed by atoms with Crippen LogP contribution in [-0.2, 0) is 31.9 Å². The Morgan fingerprint density at radius 2 is 0.652 bits per heavy atom. The van der Waals surface area contributed by atoms with E-state index < -0.39 is 0 Å². The van der Waals surface area contributed by atoms with Crippen molar-refractivity contribution in [3.63, 3.8) is 0 Å². The minimum atomic E-state index is -0.370. The second-order valence-electron chi connectivity index (χ2n) is 19.4. The second kappa shape index (κ2) is 15.9. The number of benzene rings is 8. The standard InChI is InChI=1S/2C33H24N.Pt/c2*1-20-17-21(2)31(22(3)18-20)23-14-15-26-30(19-23)33(29-13-8-16-34-32(26)29)27-11-6-4-9-24(27)25-10-5-7-12-28(25)33;/h2*4-14,16-19H,1-3H3;/q2*-1;+2. The van der Waals surface area contributed by atoms with Gasteiger partial charge in [-0.1, -0.05) is 200 Å². The van der Waals surface area contributed by atoms with E-state index in [9.17, 15) is 0 Å². The van der Waals surface area contributed by atoms with Crippen LogP contribution in [0.5, 0.6) is 0 Å². The maximum Gasteiger partial charge on any atom is 2.00 e. The zero-order valence-electron chi connectivity index (χ0n) is 39.5. The molecular weight excluding hydrogens is 1020 g/mol. The van der Waals surface area contributed by atoms with Crippen molar-refractivity contribution < 1.29 is 21.1 Å². The summed E-state index contributed by atoms with van der Waals surface area (Å²) in [6.07, 6.45) is 3.81. The van der Waals surface area contributed by atoms with Crippen molar-refractivity contribution in [2.24, 2.45) is 0 Å². The first-order valence-corrected chi connectivity index (χ1v) is 23.8. The normalized spacial score (nSPS) is 13.8. The van der Waals surface area contributed by atoms with Gasteiger partial charge in [-0.05, 0) is 110 Å². The summed E-state index contributed by atoms with van der Waals surface area (Å²) in [5.74, 6) is 0. The third kappa shape index (κ3) is 5.89. The van der Waals surface area contributed by atoms with E-state index in [-0.39, 0.29) is 31.9 Å². The Labute approximate surface area is 420 Å². The summed E-state index contributed by atoms with van der Waals surface area (Å²) >= 11 is 0. The van der Waals surface area contributed by atoms with Crippen molar-refractivity contribution in [3.8, 4) is 67.0 Å². The Balaban J connectivity index is 0.000000141. The molecule has 332 valence electrons. The van der Waals surface area contributed by atoms with E-state index in [0.717, 1.165) is 22.5 Å². The summed E-state index contributed by atoms with van der Waals surface area (Å²) in [6.45, 7) is 13.2. The number of pyridine rings is 2. The smallest absolute Gasteiger partial charge is 0.304 e. The average Bonchev–Trinajstić information content (AvgIpc) is 4.02. The number of nitrogens with zero attached hydrogens (tertiary/aromatic N) is 2. The zero-order valence-corrected chi connectivity index (χ0v) is 41.8. The molecule has 2 heterocycles. The number of aryl methyl sites for hydroxylation is 6. The van der Waals surface area contributed by atoms with Crippen LogP contribution in [0.3, 0.4) is 0 Å². The van der Waals surface area contributed by atoms with Gasteiger partial charge in [0.25, 0.3) is 0 Å². The third-order valence-corrected chi connectivity index (χ3v) is 15.4. The van der Waals surface area contributed by atoms with Gasteiger partial charge in [-0.25, -0.2) is 0 Å². The van der Waals surface area contributed by atoms with Crippen LogP contribution < -0.4 is 0 Å². The van der Waals surface area contributed by atoms with Crippen LogP contribution in [0.25, 0.3) is 67.0 Å². The molecular formula is C66H48N2Pt. The van der Waals surface area contributed by atoms with Crippen molar-refractivity contribution in [2.45, 2.75) is 52.4 Å². The third-order valence-electron chi connectivity index (χ3n) is 15.4. The second-order valence-corrected chi connectivity index (χ2v) is 19.4. The molecule has 4 aliphatic rings. The zero-order chi connectivity index (χ0) is 46.1. The first-order chi connectivity index (χ1) is 33.2. The maximum atomic E-state index is 4.88. The minimum Gasteiger partial charge on any atom is -0.304 e. The summed E-state index contributed by atoms with van der Waals surface area (Å²) in [4.78, 5) is 9.77. The van der Waals surface area contributed by atoms with E-state index in [4.69, 9.17) is 9.97 Å². The Morgan fingerprint density at radius 1 is 0.348 bits per heavy atom. The first-order valence-electron chi connectivity index (χ1n) is 23.8. The van der Waals surface area contributed by atoms with Crippen LogP contribution in [-0.4, -0.2) is 9.97 Å². The number of hydrogen-bond acceptors (Lipinski definition) is 2. The van der Waals surface area contributed by atoms with Gasteiger partial charge in [-0.2, -0.15) is 0 Å². The molecule has 3 heteroatoms. The number of aromatic nitrogens is 2. The van der Waals surface area contributed by atoms with Gasteiger partial charge in [0.1, 0.15) is 0 Å². The Kier molecular flexibility index (Phi) is 9.93. The molecule has 0 saturated heterocycles. The molecule has 4 aliphatic carbocycles. The van der Waals surface area contributed by atoms with Crippen LogP contribution in [0.2, 0.25) is 0 Å². The molecule has 0 fully saturated rings. The largest absolute Gasteiger partial charge is 2.00 e. The van der Waals surface area contributed by atoms with Gasteiger partial charge in [-0.15, -0.1) is 58.7 Å². The van der Waals surface area contributed by atoms with Crippen molar-refractivity contribution in [1.82, 2.24) is 9.97 Å². The molecule has 2 aromatic heterocycles. The van der Waals surface area contributed by atoms with Crippen molar-refractivity contribution in [1.29, 1.82) is 0 Å². The SMILES string of the molecule is Cc1cc(C)c(-c2c[c-]c3c(c2)C2(c4ccccc4-c4ccccc42)c2cccnc2-3)c(C)c1.Cc1cc(C)c(-c2c[c-]c3c(c2)C2(c4ccccc4-c4ccccc42)c2cccnc2-3)c(C)c1.[Pt+2]. The van der Waals surface area contributed by atoms with E-state index in [1.54, 1.807) is 0 Å². The van der Waals surface area contributed by atoms with Crippen LogP contribution in [0.1, 0.15) is 77.9 Å². The number of fused-ring (bicyclic) bond motifs is 20. The van der Waals surface area contributed by atoms with Gasteiger partial charge in [0.2, 0.25) is 0 Å². The van der Waals surface area contributed by atoms with Crippen LogP contribution in [0.15, 0.2) is 182 Å². The molecule has 0 radical (unpaired) electrons. The Hall–Kier alpha value is -7.25. The van der Waals surface area contributed by atoms with Gasteiger partial charge in [0.05, 0.1) is 0 Å². The molecule has 2 nitrogen and oxygen atoms in total. The van der Waals surface area contributed by atoms with E-state index in [1.807, 2.05) is 12.4 Å². The molecule has 0 bridgehead atoms. The van der Waals surface area contributed by atoms with E-state index in [2.05, 4.69) is 224 Å². The van der Waals surface area contributed by atoms with Gasteiger partial charge >= 0.3 is 21.1 Å². The number of hydrogen-bond donors (Lipinski definition) is 0. The van der Waals surface area contributed by atoms with E-state index in [1.165, 1.54) is 122 Å². The van der Waals surface area contributed by atoms with Crippen molar-refractivity contribution in [3.05, 3.63) is 272 Å². The molecule has 0 unspecified atom stereocenters. The maximum absolute atomic E-state index is 4.88. The fourth-order valence-corrected chi connectivity index (χ4v) is 13.3. The van der Waals surface area contributed by atoms with Crippen molar-refractivity contribution >= 4 is 0 Å². The van der Waals surface area contributed by atoms with Crippen LogP contribution in [0, 0.1) is 53.7 Å². The van der Waals surface area contributed by atoms with Crippen LogP contribution >= 0.6 is 0 Å². The fourth-order valence-electron chi connectivity index (χ4n) is 13.3. The molecule has 8 aromatic carbocycles. The van der Waals surface area contributed by atoms with Gasteiger partial charge < -0.3 is 9.97 Å². The van der Waals surface area contributed by atoms with Crippen LogP contribution in [0.4, 0.5) is 0 Å². The van der Waals surface area contributed by atoms with E-state index >= 15 is 0 Å². The predicted octanol–water partition coefficient (Wildman–Crippen LogP) is 15.6. The molecule has 2 spiro atoms. The summed E-state index contributed by atoms with van der Waals surface area (Å²) in [7, 11) is 0. The monoisotopic (exact) mass is 1060 g/mol. The van der Waals surface area contributed by atoms with Gasteiger partial charge in [-0.3, -0.25) is 0 Å². The summed E-state index contributed by atoms with van der Waals surface area (Å²) in [5.41, 5.74) is 32.2. The quantitative estimate of drug-likeness (QED) is 0.161. The predicted molar refractivity (Wildman–Crippen MR) is 278 cm³/mol. The molecule has 14 rings (SSSR count). The molecule has 0 aliphatic heterocycles.